The Hall–Kier alpha value is -2.68. The van der Waals surface area contributed by atoms with E-state index in [2.05, 4.69) is 73.2 Å². The first-order valence-electron chi connectivity index (χ1n) is 9.00. The van der Waals surface area contributed by atoms with Crippen molar-refractivity contribution in [2.24, 2.45) is 0 Å². The summed E-state index contributed by atoms with van der Waals surface area (Å²) in [6.07, 6.45) is 2.89. The quantitative estimate of drug-likeness (QED) is 0.441. The molecule has 2 aromatic carbocycles. The van der Waals surface area contributed by atoms with Crippen molar-refractivity contribution in [3.8, 4) is 0 Å². The van der Waals surface area contributed by atoms with Crippen molar-refractivity contribution < 1.29 is 0 Å². The first-order chi connectivity index (χ1) is 12.0. The average molecular weight is 331 g/mol. The van der Waals surface area contributed by atoms with Crippen molar-refractivity contribution in [2.75, 3.05) is 5.73 Å². The van der Waals surface area contributed by atoms with Gasteiger partial charge in [0.1, 0.15) is 0 Å². The van der Waals surface area contributed by atoms with Crippen molar-refractivity contribution in [3.05, 3.63) is 65.5 Å². The number of fused-ring (bicyclic) bond motifs is 2. The summed E-state index contributed by atoms with van der Waals surface area (Å²) in [6, 6.07) is 15.3. The topological polar surface area (TPSA) is 57.6 Å². The zero-order valence-electron chi connectivity index (χ0n) is 15.1. The van der Waals surface area contributed by atoms with Crippen molar-refractivity contribution in [1.29, 1.82) is 0 Å². The van der Waals surface area contributed by atoms with Gasteiger partial charge < -0.3 is 15.7 Å². The number of rotatable bonds is 4. The van der Waals surface area contributed by atoms with Crippen LogP contribution in [0.15, 0.2) is 48.7 Å². The van der Waals surface area contributed by atoms with Crippen LogP contribution in [0, 0.1) is 0 Å². The fraction of sp³-hybridized carbons (Fsp3) is 0.273. The van der Waals surface area contributed by atoms with Crippen molar-refractivity contribution in [3.63, 3.8) is 0 Å². The van der Waals surface area contributed by atoms with E-state index in [1.165, 1.54) is 22.0 Å². The Morgan fingerprint density at radius 2 is 1.72 bits per heavy atom. The number of aromatic amines is 2. The van der Waals surface area contributed by atoms with Crippen LogP contribution in [0.3, 0.4) is 0 Å². The average Bonchev–Trinajstić information content (AvgIpc) is 3.19. The molecule has 0 aliphatic rings. The minimum Gasteiger partial charge on any atom is -0.397 e. The van der Waals surface area contributed by atoms with Crippen LogP contribution in [0.5, 0.6) is 0 Å². The Morgan fingerprint density at radius 3 is 2.52 bits per heavy atom. The third kappa shape index (κ3) is 2.80. The summed E-state index contributed by atoms with van der Waals surface area (Å²) in [5.74, 6) is 0.904. The summed E-state index contributed by atoms with van der Waals surface area (Å²) in [6.45, 7) is 6.68. The molecule has 25 heavy (non-hydrogen) atoms. The highest BCUT2D eigenvalue weighted by molar-refractivity contribution is 5.93. The molecule has 0 aliphatic heterocycles. The molecule has 0 saturated carbocycles. The van der Waals surface area contributed by atoms with E-state index in [-0.39, 0.29) is 0 Å². The smallest absolute Gasteiger partial charge is 0.0605 e. The molecule has 2 aromatic heterocycles. The number of hydrogen-bond donors (Lipinski definition) is 3. The van der Waals surface area contributed by atoms with Crippen LogP contribution in [0.2, 0.25) is 0 Å². The zero-order chi connectivity index (χ0) is 17.6. The van der Waals surface area contributed by atoms with Gasteiger partial charge in [-0.2, -0.15) is 0 Å². The number of nitrogen functional groups attached to an aromatic ring is 1. The van der Waals surface area contributed by atoms with Gasteiger partial charge in [-0.25, -0.2) is 0 Å². The fourth-order valence-corrected chi connectivity index (χ4v) is 3.60. The molecular weight excluding hydrogens is 306 g/mol. The third-order valence-electron chi connectivity index (χ3n) is 5.27. The van der Waals surface area contributed by atoms with Crippen LogP contribution < -0.4 is 5.73 Å². The van der Waals surface area contributed by atoms with E-state index >= 15 is 0 Å². The van der Waals surface area contributed by atoms with Crippen molar-refractivity contribution >= 4 is 27.5 Å². The van der Waals surface area contributed by atoms with E-state index in [4.69, 9.17) is 5.73 Å². The number of anilines is 1. The van der Waals surface area contributed by atoms with E-state index in [1.54, 1.807) is 0 Å². The Morgan fingerprint density at radius 1 is 0.920 bits per heavy atom. The summed E-state index contributed by atoms with van der Waals surface area (Å²) < 4.78 is 0. The molecule has 1 unspecified atom stereocenters. The fourth-order valence-electron chi connectivity index (χ4n) is 3.60. The van der Waals surface area contributed by atoms with Gasteiger partial charge in [-0.05, 0) is 59.0 Å². The molecule has 4 N–H and O–H groups in total. The second-order valence-corrected chi connectivity index (χ2v) is 7.41. The second-order valence-electron chi connectivity index (χ2n) is 7.41. The zero-order valence-corrected chi connectivity index (χ0v) is 15.1. The van der Waals surface area contributed by atoms with Gasteiger partial charge in [-0.1, -0.05) is 39.0 Å². The molecule has 0 amide bonds. The molecular formula is C22H25N3. The maximum Gasteiger partial charge on any atom is 0.0605 e. The van der Waals surface area contributed by atoms with E-state index in [1.807, 2.05) is 6.20 Å². The van der Waals surface area contributed by atoms with Gasteiger partial charge in [0, 0.05) is 28.3 Å². The van der Waals surface area contributed by atoms with Crippen LogP contribution in [-0.4, -0.2) is 9.97 Å². The standard InChI is InChI=1S/C22H25N3/c1-13(2)16-6-7-19-18(11-16)22(23)21(25-19)10-14(3)17-5-4-15-8-9-24-20(15)12-17/h4-9,11-14,24-25H,10,23H2,1-3H3. The van der Waals surface area contributed by atoms with Crippen LogP contribution in [-0.2, 0) is 6.42 Å². The second kappa shape index (κ2) is 5.99. The van der Waals surface area contributed by atoms with Gasteiger partial charge in [0.25, 0.3) is 0 Å². The van der Waals surface area contributed by atoms with Gasteiger partial charge in [0.2, 0.25) is 0 Å². The Labute approximate surface area is 148 Å². The normalized spacial score (nSPS) is 13.1. The SMILES string of the molecule is CC(C)c1ccc2[nH]c(CC(C)c3ccc4cc[nH]c4c3)c(N)c2c1. The third-order valence-corrected chi connectivity index (χ3v) is 5.27. The van der Waals surface area contributed by atoms with E-state index < -0.39 is 0 Å². The molecule has 1 atom stereocenters. The van der Waals surface area contributed by atoms with Crippen LogP contribution in [0.4, 0.5) is 5.69 Å². The molecule has 0 saturated heterocycles. The molecule has 0 fully saturated rings. The predicted octanol–water partition coefficient (Wildman–Crippen LogP) is 5.70. The van der Waals surface area contributed by atoms with E-state index in [9.17, 15) is 0 Å². The number of nitrogens with one attached hydrogen (secondary N) is 2. The lowest BCUT2D eigenvalue weighted by molar-refractivity contribution is 0.749. The summed E-state index contributed by atoms with van der Waals surface area (Å²) in [5, 5.41) is 2.40. The van der Waals surface area contributed by atoms with Crippen molar-refractivity contribution in [1.82, 2.24) is 9.97 Å². The lowest BCUT2D eigenvalue weighted by Crippen LogP contribution is -2.01. The molecule has 0 aliphatic carbocycles. The van der Waals surface area contributed by atoms with E-state index in [0.717, 1.165) is 28.7 Å². The van der Waals surface area contributed by atoms with Gasteiger partial charge in [0.05, 0.1) is 5.69 Å². The van der Waals surface area contributed by atoms with Crippen molar-refractivity contribution in [2.45, 2.75) is 39.0 Å². The summed E-state index contributed by atoms with van der Waals surface area (Å²) in [4.78, 5) is 6.83. The Kier molecular flexibility index (Phi) is 3.79. The number of aromatic nitrogens is 2. The van der Waals surface area contributed by atoms with Crippen LogP contribution in [0.25, 0.3) is 21.8 Å². The lowest BCUT2D eigenvalue weighted by Gasteiger charge is -2.12. The first-order valence-corrected chi connectivity index (χ1v) is 9.00. The number of hydrogen-bond acceptors (Lipinski definition) is 1. The van der Waals surface area contributed by atoms with Gasteiger partial charge in [0.15, 0.2) is 0 Å². The number of H-pyrrole nitrogens is 2. The molecule has 3 nitrogen and oxygen atoms in total. The minimum atomic E-state index is 0.396. The molecule has 4 rings (SSSR count). The molecule has 128 valence electrons. The predicted molar refractivity (Wildman–Crippen MR) is 107 cm³/mol. The first kappa shape index (κ1) is 15.8. The Balaban J connectivity index is 1.66. The maximum atomic E-state index is 6.47. The highest BCUT2D eigenvalue weighted by atomic mass is 14.8. The summed E-state index contributed by atoms with van der Waals surface area (Å²) >= 11 is 0. The van der Waals surface area contributed by atoms with E-state index in [0.29, 0.717) is 11.8 Å². The maximum absolute atomic E-state index is 6.47. The monoisotopic (exact) mass is 331 g/mol. The molecule has 0 spiro atoms. The lowest BCUT2D eigenvalue weighted by atomic mass is 9.95. The van der Waals surface area contributed by atoms with Crippen LogP contribution >= 0.6 is 0 Å². The minimum absolute atomic E-state index is 0.396. The molecule has 4 aromatic rings. The van der Waals surface area contributed by atoms with Gasteiger partial charge in [-0.3, -0.25) is 0 Å². The summed E-state index contributed by atoms with van der Waals surface area (Å²) in [7, 11) is 0. The Bertz CT molecular complexity index is 1040. The largest absolute Gasteiger partial charge is 0.397 e. The summed E-state index contributed by atoms with van der Waals surface area (Å²) in [5.41, 5.74) is 13.5. The highest BCUT2D eigenvalue weighted by Gasteiger charge is 2.14. The number of nitrogens with two attached hydrogens (primary N) is 1. The molecule has 2 heterocycles. The highest BCUT2D eigenvalue weighted by Crippen LogP contribution is 2.32. The van der Waals surface area contributed by atoms with Crippen LogP contribution in [0.1, 0.15) is 49.4 Å². The van der Waals surface area contributed by atoms with Gasteiger partial charge >= 0.3 is 0 Å². The number of benzene rings is 2. The molecule has 0 bridgehead atoms. The molecule has 0 radical (unpaired) electrons. The van der Waals surface area contributed by atoms with Gasteiger partial charge in [-0.15, -0.1) is 0 Å². The molecule has 3 heteroatoms.